The van der Waals surface area contributed by atoms with E-state index < -0.39 is 17.2 Å². The molecule has 2 unspecified atom stereocenters. The second kappa shape index (κ2) is 6.13. The van der Waals surface area contributed by atoms with Gasteiger partial charge >= 0.3 is 6.18 Å². The molecule has 0 bridgehead atoms. The number of nitrogens with one attached hydrogen (secondary N) is 1. The molecule has 20 heavy (non-hydrogen) atoms. The first-order valence-corrected chi connectivity index (χ1v) is 6.75. The Morgan fingerprint density at radius 2 is 2.20 bits per heavy atom. The van der Waals surface area contributed by atoms with Gasteiger partial charge in [-0.05, 0) is 24.4 Å². The lowest BCUT2D eigenvalue weighted by Crippen LogP contribution is -2.23. The first kappa shape index (κ1) is 15.3. The molecule has 2 atom stereocenters. The summed E-state index contributed by atoms with van der Waals surface area (Å²) in [4.78, 5) is 6.94. The average molecular weight is 310 g/mol. The Morgan fingerprint density at radius 1 is 1.45 bits per heavy atom. The summed E-state index contributed by atoms with van der Waals surface area (Å²) < 4.78 is 43.4. The number of hydrogen-bond donors (Lipinski definition) is 1. The highest BCUT2D eigenvalue weighted by Crippen LogP contribution is 2.30. The zero-order chi connectivity index (χ0) is 14.8. The van der Waals surface area contributed by atoms with E-state index in [0.29, 0.717) is 13.2 Å². The molecule has 0 radical (unpaired) electrons. The van der Waals surface area contributed by atoms with E-state index in [2.05, 4.69) is 15.3 Å². The van der Waals surface area contributed by atoms with Crippen molar-refractivity contribution in [3.8, 4) is 0 Å². The molecule has 0 aromatic carbocycles. The number of ether oxygens (including phenoxy) is 1. The minimum Gasteiger partial charge on any atom is -0.378 e. The van der Waals surface area contributed by atoms with Crippen molar-refractivity contribution in [1.29, 1.82) is 0 Å². The monoisotopic (exact) mass is 309 g/mol. The van der Waals surface area contributed by atoms with E-state index in [1.807, 2.05) is 6.92 Å². The van der Waals surface area contributed by atoms with Gasteiger partial charge in [-0.3, -0.25) is 0 Å². The van der Waals surface area contributed by atoms with Gasteiger partial charge in [0.25, 0.3) is 0 Å². The maximum Gasteiger partial charge on any atom is 0.433 e. The molecule has 1 aromatic rings. The molecule has 0 amide bonds. The van der Waals surface area contributed by atoms with E-state index in [1.165, 1.54) is 0 Å². The lowest BCUT2D eigenvalue weighted by molar-refractivity contribution is -0.141. The van der Waals surface area contributed by atoms with Crippen LogP contribution in [0.3, 0.4) is 0 Å². The van der Waals surface area contributed by atoms with Crippen LogP contribution in [0.1, 0.15) is 25.5 Å². The molecular formula is C12H15ClF3N3O. The smallest absolute Gasteiger partial charge is 0.378 e. The highest BCUT2D eigenvalue weighted by molar-refractivity contribution is 6.28. The van der Waals surface area contributed by atoms with Gasteiger partial charge in [-0.15, -0.1) is 0 Å². The maximum atomic E-state index is 12.6. The fraction of sp³-hybridized carbons (Fsp3) is 0.667. The Morgan fingerprint density at radius 3 is 2.85 bits per heavy atom. The van der Waals surface area contributed by atoms with Crippen LogP contribution in [0.4, 0.5) is 19.0 Å². The molecular weight excluding hydrogens is 295 g/mol. The van der Waals surface area contributed by atoms with E-state index in [4.69, 9.17) is 16.3 Å². The SMILES string of the molecule is CCC1OCCC1CNc1cc(C(F)(F)F)nc(Cl)n1. The molecule has 1 saturated heterocycles. The summed E-state index contributed by atoms with van der Waals surface area (Å²) >= 11 is 5.52. The minimum absolute atomic E-state index is 0.0825. The van der Waals surface area contributed by atoms with Gasteiger partial charge in [0.05, 0.1) is 6.10 Å². The van der Waals surface area contributed by atoms with Crippen molar-refractivity contribution in [2.24, 2.45) is 5.92 Å². The van der Waals surface area contributed by atoms with Crippen molar-refractivity contribution >= 4 is 17.4 Å². The average Bonchev–Trinajstić information content (AvgIpc) is 2.82. The standard InChI is InChI=1S/C12H15ClF3N3O/c1-2-8-7(3-4-20-8)6-17-10-5-9(12(14,15)16)18-11(13)19-10/h5,7-8H,2-4,6H2,1H3,(H,17,18,19). The summed E-state index contributed by atoms with van der Waals surface area (Å²) in [6.07, 6.45) is -2.63. The van der Waals surface area contributed by atoms with Gasteiger partial charge in [0, 0.05) is 25.1 Å². The van der Waals surface area contributed by atoms with Crippen LogP contribution in [0, 0.1) is 5.92 Å². The summed E-state index contributed by atoms with van der Waals surface area (Å²) in [5.41, 5.74) is -1.05. The minimum atomic E-state index is -4.54. The van der Waals surface area contributed by atoms with Crippen LogP contribution in [-0.4, -0.2) is 29.2 Å². The first-order chi connectivity index (χ1) is 9.40. The Kier molecular flexibility index (Phi) is 4.70. The van der Waals surface area contributed by atoms with Gasteiger partial charge in [-0.25, -0.2) is 9.97 Å². The van der Waals surface area contributed by atoms with E-state index in [9.17, 15) is 13.2 Å². The molecule has 0 aliphatic carbocycles. The number of anilines is 1. The van der Waals surface area contributed by atoms with Crippen LogP contribution in [-0.2, 0) is 10.9 Å². The third kappa shape index (κ3) is 3.73. The second-order valence-corrected chi connectivity index (χ2v) is 4.99. The molecule has 4 nitrogen and oxygen atoms in total. The molecule has 0 saturated carbocycles. The molecule has 2 rings (SSSR count). The Labute approximate surface area is 119 Å². The van der Waals surface area contributed by atoms with Crippen LogP contribution in [0.2, 0.25) is 5.28 Å². The van der Waals surface area contributed by atoms with Crippen LogP contribution in [0.25, 0.3) is 0 Å². The number of aromatic nitrogens is 2. The van der Waals surface area contributed by atoms with Crippen molar-refractivity contribution in [3.05, 3.63) is 17.0 Å². The zero-order valence-corrected chi connectivity index (χ0v) is 11.6. The molecule has 1 fully saturated rings. The van der Waals surface area contributed by atoms with Crippen molar-refractivity contribution in [3.63, 3.8) is 0 Å². The van der Waals surface area contributed by atoms with Gasteiger partial charge in [0.15, 0.2) is 5.69 Å². The van der Waals surface area contributed by atoms with Gasteiger partial charge in [0.2, 0.25) is 5.28 Å². The summed E-state index contributed by atoms with van der Waals surface area (Å²) in [6, 6.07) is 0.864. The van der Waals surface area contributed by atoms with Crippen molar-refractivity contribution in [2.75, 3.05) is 18.5 Å². The number of halogens is 4. The number of rotatable bonds is 4. The van der Waals surface area contributed by atoms with Gasteiger partial charge in [0.1, 0.15) is 5.82 Å². The Balaban J connectivity index is 2.04. The van der Waals surface area contributed by atoms with E-state index in [1.54, 1.807) is 0 Å². The van der Waals surface area contributed by atoms with E-state index >= 15 is 0 Å². The first-order valence-electron chi connectivity index (χ1n) is 6.37. The fourth-order valence-electron chi connectivity index (χ4n) is 2.27. The lowest BCUT2D eigenvalue weighted by atomic mass is 10.00. The molecule has 1 aromatic heterocycles. The molecule has 1 aliphatic heterocycles. The highest BCUT2D eigenvalue weighted by Gasteiger charge is 2.34. The van der Waals surface area contributed by atoms with Gasteiger partial charge in [-0.2, -0.15) is 13.2 Å². The molecule has 8 heteroatoms. The molecule has 0 spiro atoms. The number of hydrogen-bond acceptors (Lipinski definition) is 4. The zero-order valence-electron chi connectivity index (χ0n) is 10.9. The molecule has 2 heterocycles. The predicted octanol–water partition coefficient (Wildman–Crippen LogP) is 3.38. The lowest BCUT2D eigenvalue weighted by Gasteiger charge is -2.18. The molecule has 1 aliphatic rings. The van der Waals surface area contributed by atoms with Crippen molar-refractivity contribution in [1.82, 2.24) is 9.97 Å². The van der Waals surface area contributed by atoms with Gasteiger partial charge in [-0.1, -0.05) is 6.92 Å². The molecule has 112 valence electrons. The van der Waals surface area contributed by atoms with Gasteiger partial charge < -0.3 is 10.1 Å². The normalized spacial score (nSPS) is 23.1. The van der Waals surface area contributed by atoms with E-state index in [-0.39, 0.29) is 17.8 Å². The summed E-state index contributed by atoms with van der Waals surface area (Å²) in [6.45, 7) is 3.21. The predicted molar refractivity (Wildman–Crippen MR) is 68.7 cm³/mol. The number of alkyl halides is 3. The Bertz CT molecular complexity index is 470. The Hall–Kier alpha value is -1.08. The fourth-order valence-corrected chi connectivity index (χ4v) is 2.45. The summed E-state index contributed by atoms with van der Waals surface area (Å²) in [7, 11) is 0. The molecule has 1 N–H and O–H groups in total. The largest absolute Gasteiger partial charge is 0.433 e. The van der Waals surface area contributed by atoms with Crippen molar-refractivity contribution < 1.29 is 17.9 Å². The van der Waals surface area contributed by atoms with Crippen LogP contribution >= 0.6 is 11.6 Å². The highest BCUT2D eigenvalue weighted by atomic mass is 35.5. The summed E-state index contributed by atoms with van der Waals surface area (Å²) in [5, 5.41) is 2.47. The summed E-state index contributed by atoms with van der Waals surface area (Å²) in [5.74, 6) is 0.349. The second-order valence-electron chi connectivity index (χ2n) is 4.65. The van der Waals surface area contributed by atoms with Crippen LogP contribution in [0.15, 0.2) is 6.07 Å². The third-order valence-electron chi connectivity index (χ3n) is 3.28. The quantitative estimate of drug-likeness (QED) is 0.866. The van der Waals surface area contributed by atoms with E-state index in [0.717, 1.165) is 18.9 Å². The third-order valence-corrected chi connectivity index (χ3v) is 3.45. The van der Waals surface area contributed by atoms with Crippen molar-refractivity contribution in [2.45, 2.75) is 32.0 Å². The number of nitrogens with zero attached hydrogens (tertiary/aromatic N) is 2. The topological polar surface area (TPSA) is 47.0 Å². The maximum absolute atomic E-state index is 12.6. The van der Waals surface area contributed by atoms with Crippen LogP contribution < -0.4 is 5.32 Å². The van der Waals surface area contributed by atoms with Crippen LogP contribution in [0.5, 0.6) is 0 Å².